The topological polar surface area (TPSA) is 75.6 Å². The molecule has 3 aromatic carbocycles. The van der Waals surface area contributed by atoms with E-state index in [0.717, 1.165) is 18.5 Å². The number of rotatable bonds is 9. The molecule has 0 amide bonds. The van der Waals surface area contributed by atoms with Crippen LogP contribution in [-0.4, -0.2) is 26.6 Å². The molecule has 0 spiro atoms. The van der Waals surface area contributed by atoms with E-state index in [2.05, 4.69) is 17.4 Å². The molecule has 1 atom stereocenters. The second-order valence-electron chi connectivity index (χ2n) is 6.88. The van der Waals surface area contributed by atoms with Crippen LogP contribution in [0.15, 0.2) is 83.8 Å². The number of aryl methyl sites for hydroxylation is 1. The first kappa shape index (κ1) is 21.0. The van der Waals surface area contributed by atoms with E-state index >= 15 is 0 Å². The van der Waals surface area contributed by atoms with Crippen molar-refractivity contribution < 1.29 is 17.7 Å². The number of nitrogens with one attached hydrogen (secondary N) is 1. The molecular weight excluding hydrogens is 386 g/mol. The molecule has 0 aliphatic rings. The SMILES string of the molecule is Cc1ccc(S(=O)(=O)Oc2ccc([C@@H](O)CNCCc3ccccc3)cc2)cc1. The standard InChI is InChI=1S/C23H25NO4S/c1-18-7-13-22(14-8-18)29(26,27)28-21-11-9-20(10-12-21)23(25)17-24-16-15-19-5-3-2-4-6-19/h2-14,23-25H,15-17H2,1H3/t23-/m0/s1. The summed E-state index contributed by atoms with van der Waals surface area (Å²) in [5, 5.41) is 13.6. The molecule has 0 saturated heterocycles. The molecular formula is C23H25NO4S. The van der Waals surface area contributed by atoms with E-state index < -0.39 is 16.2 Å². The maximum atomic E-state index is 12.3. The van der Waals surface area contributed by atoms with Gasteiger partial charge in [-0.05, 0) is 55.3 Å². The second kappa shape index (κ2) is 9.69. The Bertz CT molecular complexity index is 1000. The van der Waals surface area contributed by atoms with Gasteiger partial charge >= 0.3 is 10.1 Å². The van der Waals surface area contributed by atoms with Gasteiger partial charge in [-0.25, -0.2) is 0 Å². The highest BCUT2D eigenvalue weighted by Crippen LogP contribution is 2.21. The third-order valence-corrected chi connectivity index (χ3v) is 5.81. The fourth-order valence-corrected chi connectivity index (χ4v) is 3.79. The molecule has 3 rings (SSSR count). The van der Waals surface area contributed by atoms with Crippen molar-refractivity contribution in [3.8, 4) is 5.75 Å². The highest BCUT2D eigenvalue weighted by Gasteiger charge is 2.16. The van der Waals surface area contributed by atoms with E-state index in [1.165, 1.54) is 17.7 Å². The van der Waals surface area contributed by atoms with Crippen LogP contribution in [0.25, 0.3) is 0 Å². The first-order valence-electron chi connectivity index (χ1n) is 9.48. The molecule has 6 heteroatoms. The summed E-state index contributed by atoms with van der Waals surface area (Å²) >= 11 is 0. The van der Waals surface area contributed by atoms with Gasteiger partial charge in [0.2, 0.25) is 0 Å². The van der Waals surface area contributed by atoms with Crippen molar-refractivity contribution in [2.24, 2.45) is 0 Å². The lowest BCUT2D eigenvalue weighted by molar-refractivity contribution is 0.175. The van der Waals surface area contributed by atoms with Crippen molar-refractivity contribution in [2.75, 3.05) is 13.1 Å². The lowest BCUT2D eigenvalue weighted by atomic mass is 10.1. The van der Waals surface area contributed by atoms with Gasteiger partial charge < -0.3 is 14.6 Å². The molecule has 3 aromatic rings. The van der Waals surface area contributed by atoms with Gasteiger partial charge in [0, 0.05) is 6.54 Å². The lowest BCUT2D eigenvalue weighted by Crippen LogP contribution is -2.23. The summed E-state index contributed by atoms with van der Waals surface area (Å²) in [6.07, 6.45) is 0.200. The van der Waals surface area contributed by atoms with Crippen molar-refractivity contribution >= 4 is 10.1 Å². The van der Waals surface area contributed by atoms with Crippen LogP contribution in [-0.2, 0) is 16.5 Å². The summed E-state index contributed by atoms with van der Waals surface area (Å²) < 4.78 is 29.9. The van der Waals surface area contributed by atoms with Gasteiger partial charge in [0.15, 0.2) is 0 Å². The molecule has 0 aromatic heterocycles. The molecule has 29 heavy (non-hydrogen) atoms. The third-order valence-electron chi connectivity index (χ3n) is 4.55. The van der Waals surface area contributed by atoms with Crippen molar-refractivity contribution in [1.82, 2.24) is 5.32 Å². The smallest absolute Gasteiger partial charge is 0.339 e. The van der Waals surface area contributed by atoms with Gasteiger partial charge in [-0.1, -0.05) is 60.2 Å². The van der Waals surface area contributed by atoms with E-state index in [4.69, 9.17) is 4.18 Å². The van der Waals surface area contributed by atoms with Gasteiger partial charge in [0.05, 0.1) is 6.10 Å². The Hall–Kier alpha value is -2.67. The van der Waals surface area contributed by atoms with Gasteiger partial charge in [-0.2, -0.15) is 8.42 Å². The zero-order valence-electron chi connectivity index (χ0n) is 16.3. The number of hydrogen-bond acceptors (Lipinski definition) is 5. The molecule has 0 heterocycles. The minimum Gasteiger partial charge on any atom is -0.387 e. The fraction of sp³-hybridized carbons (Fsp3) is 0.217. The predicted octanol–water partition coefficient (Wildman–Crippen LogP) is 3.63. The van der Waals surface area contributed by atoms with Crippen LogP contribution in [0.3, 0.4) is 0 Å². The minimum atomic E-state index is -3.88. The minimum absolute atomic E-state index is 0.106. The van der Waals surface area contributed by atoms with E-state index in [9.17, 15) is 13.5 Å². The molecule has 0 aliphatic heterocycles. The Labute approximate surface area is 172 Å². The largest absolute Gasteiger partial charge is 0.387 e. The van der Waals surface area contributed by atoms with Gasteiger partial charge in [0.25, 0.3) is 0 Å². The molecule has 0 bridgehead atoms. The first-order valence-corrected chi connectivity index (χ1v) is 10.9. The van der Waals surface area contributed by atoms with E-state index in [1.54, 1.807) is 36.4 Å². The van der Waals surface area contributed by atoms with Gasteiger partial charge in [-0.15, -0.1) is 0 Å². The Balaban J connectivity index is 1.51. The molecule has 0 fully saturated rings. The zero-order chi connectivity index (χ0) is 20.7. The van der Waals surface area contributed by atoms with Gasteiger partial charge in [-0.3, -0.25) is 0 Å². The molecule has 0 unspecified atom stereocenters. The van der Waals surface area contributed by atoms with Crippen LogP contribution in [0.5, 0.6) is 5.75 Å². The third kappa shape index (κ3) is 6.15. The zero-order valence-corrected chi connectivity index (χ0v) is 17.1. The monoisotopic (exact) mass is 411 g/mol. The Kier molecular flexibility index (Phi) is 7.04. The highest BCUT2D eigenvalue weighted by atomic mass is 32.2. The molecule has 0 saturated carbocycles. The Morgan fingerprint density at radius 1 is 0.931 bits per heavy atom. The van der Waals surface area contributed by atoms with Gasteiger partial charge in [0.1, 0.15) is 10.6 Å². The van der Waals surface area contributed by atoms with Crippen LogP contribution >= 0.6 is 0 Å². The number of aliphatic hydroxyl groups is 1. The Morgan fingerprint density at radius 3 is 2.24 bits per heavy atom. The van der Waals surface area contributed by atoms with E-state index in [0.29, 0.717) is 12.1 Å². The van der Waals surface area contributed by atoms with Crippen LogP contribution in [0.1, 0.15) is 22.8 Å². The number of hydrogen-bond donors (Lipinski definition) is 2. The Morgan fingerprint density at radius 2 is 1.59 bits per heavy atom. The van der Waals surface area contributed by atoms with Crippen molar-refractivity contribution in [1.29, 1.82) is 0 Å². The average Bonchev–Trinajstić information content (AvgIpc) is 2.72. The summed E-state index contributed by atoms with van der Waals surface area (Å²) in [6, 6.07) is 23.1. The number of benzene rings is 3. The molecule has 152 valence electrons. The van der Waals surface area contributed by atoms with E-state index in [-0.39, 0.29) is 10.6 Å². The van der Waals surface area contributed by atoms with Crippen LogP contribution in [0, 0.1) is 6.92 Å². The lowest BCUT2D eigenvalue weighted by Gasteiger charge is -2.13. The second-order valence-corrected chi connectivity index (χ2v) is 8.42. The highest BCUT2D eigenvalue weighted by molar-refractivity contribution is 7.87. The maximum absolute atomic E-state index is 12.3. The molecule has 0 aliphatic carbocycles. The van der Waals surface area contributed by atoms with Crippen molar-refractivity contribution in [3.63, 3.8) is 0 Å². The molecule has 2 N–H and O–H groups in total. The summed E-state index contributed by atoms with van der Waals surface area (Å²) in [6.45, 7) is 3.06. The summed E-state index contributed by atoms with van der Waals surface area (Å²) in [4.78, 5) is 0.106. The maximum Gasteiger partial charge on any atom is 0.339 e. The predicted molar refractivity (Wildman–Crippen MR) is 113 cm³/mol. The molecule has 0 radical (unpaired) electrons. The molecule has 5 nitrogen and oxygen atoms in total. The summed E-state index contributed by atoms with van der Waals surface area (Å²) in [7, 11) is -3.88. The first-order chi connectivity index (χ1) is 13.9. The van der Waals surface area contributed by atoms with Crippen LogP contribution < -0.4 is 9.50 Å². The summed E-state index contributed by atoms with van der Waals surface area (Å²) in [5.41, 5.74) is 2.91. The average molecular weight is 412 g/mol. The quantitative estimate of drug-likeness (QED) is 0.415. The van der Waals surface area contributed by atoms with Crippen LogP contribution in [0.4, 0.5) is 0 Å². The van der Waals surface area contributed by atoms with Crippen molar-refractivity contribution in [3.05, 3.63) is 95.6 Å². The normalized spacial score (nSPS) is 12.5. The van der Waals surface area contributed by atoms with Crippen molar-refractivity contribution in [2.45, 2.75) is 24.3 Å². The number of aliphatic hydroxyl groups excluding tert-OH is 1. The fourth-order valence-electron chi connectivity index (χ4n) is 2.86. The van der Waals surface area contributed by atoms with Crippen LogP contribution in [0.2, 0.25) is 0 Å². The summed E-state index contributed by atoms with van der Waals surface area (Å²) in [5.74, 6) is 0.207. The van der Waals surface area contributed by atoms with E-state index in [1.807, 2.05) is 25.1 Å².